The maximum absolute atomic E-state index is 12.6. The second-order valence-corrected chi connectivity index (χ2v) is 6.74. The van der Waals surface area contributed by atoms with Crippen molar-refractivity contribution in [3.63, 3.8) is 0 Å². The van der Waals surface area contributed by atoms with Crippen LogP contribution >= 0.6 is 11.3 Å². The Morgan fingerprint density at radius 1 is 1.40 bits per heavy atom. The number of rotatable bonds is 5. The van der Waals surface area contributed by atoms with E-state index in [0.29, 0.717) is 10.6 Å². The van der Waals surface area contributed by atoms with E-state index in [0.717, 1.165) is 29.7 Å². The Morgan fingerprint density at radius 3 is 2.84 bits per heavy atom. The van der Waals surface area contributed by atoms with Crippen LogP contribution < -0.4 is 11.1 Å². The summed E-state index contributed by atoms with van der Waals surface area (Å²) in [7, 11) is 1.56. The molecule has 132 valence electrons. The summed E-state index contributed by atoms with van der Waals surface area (Å²) in [5.74, 6) is -1.61. The number of primary amides is 1. The Morgan fingerprint density at radius 2 is 2.16 bits per heavy atom. The molecule has 0 atom stereocenters. The maximum Gasteiger partial charge on any atom is 0.358 e. The SMILES string of the molecule is CCOC(=O)c1cc(C(=O)Nc2sc3c(c2C(N)=O)CCC3)n(C)n1. The zero-order valence-corrected chi connectivity index (χ0v) is 14.7. The van der Waals surface area contributed by atoms with E-state index >= 15 is 0 Å². The van der Waals surface area contributed by atoms with Crippen molar-refractivity contribution < 1.29 is 19.1 Å². The van der Waals surface area contributed by atoms with E-state index in [4.69, 9.17) is 10.5 Å². The van der Waals surface area contributed by atoms with E-state index in [1.807, 2.05) is 0 Å². The number of anilines is 1. The van der Waals surface area contributed by atoms with E-state index in [9.17, 15) is 14.4 Å². The molecule has 2 aromatic rings. The number of nitrogens with one attached hydrogen (secondary N) is 1. The number of nitrogens with two attached hydrogens (primary N) is 1. The zero-order chi connectivity index (χ0) is 18.1. The van der Waals surface area contributed by atoms with Crippen molar-refractivity contribution in [1.82, 2.24) is 9.78 Å². The minimum atomic E-state index is -0.593. The first-order chi connectivity index (χ1) is 11.9. The summed E-state index contributed by atoms with van der Waals surface area (Å²) < 4.78 is 6.18. The Labute approximate surface area is 148 Å². The van der Waals surface area contributed by atoms with Crippen molar-refractivity contribution in [3.8, 4) is 0 Å². The third-order valence-corrected chi connectivity index (χ3v) is 5.20. The van der Waals surface area contributed by atoms with E-state index in [2.05, 4.69) is 10.4 Å². The molecule has 0 saturated heterocycles. The minimum Gasteiger partial charge on any atom is -0.461 e. The zero-order valence-electron chi connectivity index (χ0n) is 13.9. The quantitative estimate of drug-likeness (QED) is 0.782. The fourth-order valence-electron chi connectivity index (χ4n) is 2.90. The largest absolute Gasteiger partial charge is 0.461 e. The van der Waals surface area contributed by atoms with Crippen molar-refractivity contribution >= 4 is 34.1 Å². The van der Waals surface area contributed by atoms with Gasteiger partial charge in [0.05, 0.1) is 12.2 Å². The molecule has 25 heavy (non-hydrogen) atoms. The number of carbonyl (C=O) groups is 3. The molecule has 0 radical (unpaired) electrons. The molecule has 0 unspecified atom stereocenters. The van der Waals surface area contributed by atoms with Gasteiger partial charge in [-0.25, -0.2) is 4.79 Å². The predicted molar refractivity (Wildman–Crippen MR) is 92.0 cm³/mol. The molecule has 0 bridgehead atoms. The van der Waals surface area contributed by atoms with Gasteiger partial charge in [-0.15, -0.1) is 11.3 Å². The number of ether oxygens (including phenoxy) is 1. The number of hydrogen-bond donors (Lipinski definition) is 2. The number of fused-ring (bicyclic) bond motifs is 1. The van der Waals surface area contributed by atoms with Crippen LogP contribution in [0, 0.1) is 0 Å². The lowest BCUT2D eigenvalue weighted by molar-refractivity contribution is 0.0518. The topological polar surface area (TPSA) is 116 Å². The highest BCUT2D eigenvalue weighted by Gasteiger charge is 2.27. The summed E-state index contributed by atoms with van der Waals surface area (Å²) in [4.78, 5) is 37.2. The molecular formula is C16H18N4O4S. The molecule has 1 aliphatic rings. The molecule has 0 aliphatic heterocycles. The van der Waals surface area contributed by atoms with Crippen molar-refractivity contribution in [2.24, 2.45) is 12.8 Å². The number of carbonyl (C=O) groups excluding carboxylic acids is 3. The van der Waals surface area contributed by atoms with Crippen LogP contribution in [0.15, 0.2) is 6.07 Å². The van der Waals surface area contributed by atoms with Gasteiger partial charge in [0.25, 0.3) is 11.8 Å². The third kappa shape index (κ3) is 3.14. The van der Waals surface area contributed by atoms with Crippen molar-refractivity contribution in [3.05, 3.63) is 33.5 Å². The molecule has 0 spiro atoms. The van der Waals surface area contributed by atoms with Crippen LogP contribution in [0.4, 0.5) is 5.00 Å². The van der Waals surface area contributed by atoms with E-state index in [1.165, 1.54) is 22.1 Å². The summed E-state index contributed by atoms with van der Waals surface area (Å²) >= 11 is 1.37. The van der Waals surface area contributed by atoms with Crippen molar-refractivity contribution in [1.29, 1.82) is 0 Å². The summed E-state index contributed by atoms with van der Waals surface area (Å²) in [6, 6.07) is 1.36. The predicted octanol–water partition coefficient (Wildman–Crippen LogP) is 1.50. The number of hydrogen-bond acceptors (Lipinski definition) is 6. The standard InChI is InChI=1S/C16H18N4O4S/c1-3-24-16(23)9-7-10(20(2)19-9)14(22)18-15-12(13(17)21)8-5-4-6-11(8)25-15/h7H,3-6H2,1-2H3,(H2,17,21)(H,18,22). The van der Waals surface area contributed by atoms with Gasteiger partial charge in [-0.2, -0.15) is 5.10 Å². The number of amides is 2. The average molecular weight is 362 g/mol. The lowest BCUT2D eigenvalue weighted by atomic mass is 10.1. The van der Waals surface area contributed by atoms with E-state index in [1.54, 1.807) is 14.0 Å². The number of esters is 1. The fourth-order valence-corrected chi connectivity index (χ4v) is 4.19. The molecular weight excluding hydrogens is 344 g/mol. The summed E-state index contributed by atoms with van der Waals surface area (Å²) in [6.07, 6.45) is 2.66. The van der Waals surface area contributed by atoms with Crippen LogP contribution in [0.25, 0.3) is 0 Å². The average Bonchev–Trinajstić information content (AvgIpc) is 3.20. The Balaban J connectivity index is 1.86. The Kier molecular flexibility index (Phi) is 4.58. The fraction of sp³-hybridized carbons (Fsp3) is 0.375. The first-order valence-corrected chi connectivity index (χ1v) is 8.70. The maximum atomic E-state index is 12.6. The molecule has 0 aromatic carbocycles. The number of aryl methyl sites for hydroxylation is 2. The van der Waals surface area contributed by atoms with Crippen LogP contribution in [0.1, 0.15) is 55.1 Å². The van der Waals surface area contributed by atoms with Crippen LogP contribution in [-0.4, -0.2) is 34.2 Å². The molecule has 8 nitrogen and oxygen atoms in total. The highest BCUT2D eigenvalue weighted by molar-refractivity contribution is 7.17. The van der Waals surface area contributed by atoms with Gasteiger partial charge in [0.2, 0.25) is 0 Å². The monoisotopic (exact) mass is 362 g/mol. The smallest absolute Gasteiger partial charge is 0.358 e. The van der Waals surface area contributed by atoms with Crippen LogP contribution in [0.2, 0.25) is 0 Å². The first kappa shape index (κ1) is 17.2. The van der Waals surface area contributed by atoms with Gasteiger partial charge in [-0.05, 0) is 31.7 Å². The number of nitrogens with zero attached hydrogens (tertiary/aromatic N) is 2. The molecule has 0 saturated carbocycles. The third-order valence-electron chi connectivity index (χ3n) is 3.99. The second-order valence-electron chi connectivity index (χ2n) is 5.64. The normalized spacial score (nSPS) is 12.7. The van der Waals surface area contributed by atoms with Gasteiger partial charge in [-0.3, -0.25) is 14.3 Å². The summed E-state index contributed by atoms with van der Waals surface area (Å²) in [6.45, 7) is 1.91. The van der Waals surface area contributed by atoms with Crippen molar-refractivity contribution in [2.75, 3.05) is 11.9 Å². The summed E-state index contributed by atoms with van der Waals surface area (Å²) in [5.41, 5.74) is 7.06. The highest BCUT2D eigenvalue weighted by atomic mass is 32.1. The Bertz CT molecular complexity index is 868. The molecule has 0 fully saturated rings. The lowest BCUT2D eigenvalue weighted by Crippen LogP contribution is -2.19. The molecule has 2 heterocycles. The van der Waals surface area contributed by atoms with Crippen molar-refractivity contribution in [2.45, 2.75) is 26.2 Å². The van der Waals surface area contributed by atoms with Crippen LogP contribution in [0.3, 0.4) is 0 Å². The second kappa shape index (κ2) is 6.67. The van der Waals surface area contributed by atoms with Gasteiger partial charge >= 0.3 is 5.97 Å². The van der Waals surface area contributed by atoms with Crippen LogP contribution in [-0.2, 0) is 24.6 Å². The van der Waals surface area contributed by atoms with Crippen LogP contribution in [0.5, 0.6) is 0 Å². The van der Waals surface area contributed by atoms with E-state index < -0.39 is 17.8 Å². The summed E-state index contributed by atoms with van der Waals surface area (Å²) in [5, 5.41) is 7.17. The van der Waals surface area contributed by atoms with Gasteiger partial charge in [0.1, 0.15) is 10.7 Å². The van der Waals surface area contributed by atoms with Gasteiger partial charge < -0.3 is 15.8 Å². The molecule has 9 heteroatoms. The molecule has 3 rings (SSSR count). The Hall–Kier alpha value is -2.68. The van der Waals surface area contributed by atoms with Gasteiger partial charge in [-0.1, -0.05) is 0 Å². The highest BCUT2D eigenvalue weighted by Crippen LogP contribution is 2.39. The lowest BCUT2D eigenvalue weighted by Gasteiger charge is -2.06. The van der Waals surface area contributed by atoms with Gasteiger partial charge in [0, 0.05) is 18.0 Å². The molecule has 2 amide bonds. The first-order valence-electron chi connectivity index (χ1n) is 7.89. The number of thiophene rings is 1. The minimum absolute atomic E-state index is 0.0540. The number of aromatic nitrogens is 2. The molecule has 3 N–H and O–H groups in total. The van der Waals surface area contributed by atoms with Gasteiger partial charge in [0.15, 0.2) is 5.69 Å². The molecule has 1 aliphatic carbocycles. The van der Waals surface area contributed by atoms with E-state index in [-0.39, 0.29) is 18.0 Å². The molecule has 2 aromatic heterocycles.